The first kappa shape index (κ1) is 35.7. The molecule has 1 saturated carbocycles. The lowest BCUT2D eigenvalue weighted by atomic mass is 10.0. The molecule has 1 amide bonds. The van der Waals surface area contributed by atoms with Crippen molar-refractivity contribution in [3.05, 3.63) is 76.4 Å². The number of esters is 1. The maximum atomic E-state index is 11.2. The highest BCUT2D eigenvalue weighted by Crippen LogP contribution is 2.45. The Kier molecular flexibility index (Phi) is 14.6. The Labute approximate surface area is 251 Å². The predicted molar refractivity (Wildman–Crippen MR) is 167 cm³/mol. The monoisotopic (exact) mass is 583 g/mol. The van der Waals surface area contributed by atoms with Crippen molar-refractivity contribution in [3.63, 3.8) is 0 Å². The number of aromatic nitrogens is 2. The van der Waals surface area contributed by atoms with Crippen LogP contribution in [0.5, 0.6) is 0 Å². The number of imidazole rings is 1. The molecule has 7 nitrogen and oxygen atoms in total. The van der Waals surface area contributed by atoms with Crippen molar-refractivity contribution in [2.45, 2.75) is 85.4 Å². The number of nitrogens with one attached hydrogen (secondary N) is 1. The summed E-state index contributed by atoms with van der Waals surface area (Å²) in [6, 6.07) is 7.15. The van der Waals surface area contributed by atoms with Crippen LogP contribution in [0.15, 0.2) is 48.6 Å². The first-order chi connectivity index (χ1) is 19.4. The van der Waals surface area contributed by atoms with E-state index >= 15 is 0 Å². The van der Waals surface area contributed by atoms with E-state index < -0.39 is 5.60 Å². The van der Waals surface area contributed by atoms with Crippen LogP contribution in [0.3, 0.4) is 0 Å². The summed E-state index contributed by atoms with van der Waals surface area (Å²) >= 11 is 6.30. The van der Waals surface area contributed by atoms with Crippen molar-refractivity contribution in [1.82, 2.24) is 14.9 Å². The van der Waals surface area contributed by atoms with Crippen LogP contribution in [0, 0.1) is 24.7 Å². The number of amides is 1. The van der Waals surface area contributed by atoms with Crippen molar-refractivity contribution in [1.29, 1.82) is 0 Å². The maximum absolute atomic E-state index is 11.2. The highest BCUT2D eigenvalue weighted by Gasteiger charge is 2.43. The normalized spacial score (nSPS) is 13.4. The number of nitrogens with zero attached hydrogens (tertiary/aromatic N) is 2. The van der Waals surface area contributed by atoms with Gasteiger partial charge in [0.15, 0.2) is 0 Å². The Balaban J connectivity index is 0.000000407. The zero-order chi connectivity index (χ0) is 31.2. The summed E-state index contributed by atoms with van der Waals surface area (Å²) in [5.41, 5.74) is 3.83. The molecule has 1 aliphatic carbocycles. The van der Waals surface area contributed by atoms with Crippen molar-refractivity contribution < 1.29 is 19.1 Å². The summed E-state index contributed by atoms with van der Waals surface area (Å²) in [7, 11) is 3.00. The lowest BCUT2D eigenvalue weighted by Crippen LogP contribution is -2.27. The average molecular weight is 584 g/mol. The predicted octanol–water partition coefficient (Wildman–Crippen LogP) is 7.01. The Bertz CT molecular complexity index is 1240. The molecular formula is C33H46ClN3O4. The molecule has 3 rings (SSSR count). The van der Waals surface area contributed by atoms with E-state index in [1.165, 1.54) is 12.7 Å². The summed E-state index contributed by atoms with van der Waals surface area (Å²) in [5.74, 6) is 6.12. The molecule has 0 radical (unpaired) electrons. The van der Waals surface area contributed by atoms with Gasteiger partial charge in [-0.2, -0.15) is 0 Å². The van der Waals surface area contributed by atoms with E-state index in [9.17, 15) is 9.59 Å². The topological polar surface area (TPSA) is 82.4 Å². The molecule has 0 aliphatic heterocycles. The molecule has 1 heterocycles. The molecule has 224 valence electrons. The Morgan fingerprint density at radius 1 is 1.24 bits per heavy atom. The molecule has 1 N–H and O–H groups in total. The minimum absolute atomic E-state index is 0.198. The van der Waals surface area contributed by atoms with E-state index in [0.717, 1.165) is 43.5 Å². The van der Waals surface area contributed by atoms with Crippen LogP contribution >= 0.6 is 11.6 Å². The molecule has 8 heteroatoms. The van der Waals surface area contributed by atoms with Crippen LogP contribution in [0.1, 0.15) is 88.1 Å². The number of carbonyl (C=O) groups excluding carboxylic acids is 2. The standard InChI is InChI=1S/C19H27ClN2O.C12H13NO3.C2H6/c1-8-16(10-9-14(2)3)13-22-15(4)17(21-18(22)20)11-12-19(5,6)23-7;1-16-11(15)9-2-4-10(5-3-9)12(6-7-12)13-8-14;1-2/h8-9,16H,1,10,13H2,2-7H3;2-5,8H,6-7H2,1H3,(H,13,14);1-2H3/t16-;;/m1../s1. The van der Waals surface area contributed by atoms with E-state index in [4.69, 9.17) is 16.3 Å². The molecule has 0 spiro atoms. The van der Waals surface area contributed by atoms with E-state index in [0.29, 0.717) is 22.5 Å². The summed E-state index contributed by atoms with van der Waals surface area (Å²) in [5, 5.41) is 3.28. The Morgan fingerprint density at radius 3 is 2.32 bits per heavy atom. The minimum atomic E-state index is -0.504. The number of rotatable bonds is 10. The molecule has 41 heavy (non-hydrogen) atoms. The smallest absolute Gasteiger partial charge is 0.337 e. The lowest BCUT2D eigenvalue weighted by Gasteiger charge is -2.14. The lowest BCUT2D eigenvalue weighted by molar-refractivity contribution is -0.110. The molecule has 2 aromatic rings. The minimum Gasteiger partial charge on any atom is -0.465 e. The summed E-state index contributed by atoms with van der Waals surface area (Å²) < 4.78 is 11.9. The zero-order valence-electron chi connectivity index (χ0n) is 26.1. The molecule has 0 unspecified atom stereocenters. The number of halogens is 1. The molecule has 1 aromatic carbocycles. The number of hydrogen-bond donors (Lipinski definition) is 1. The fourth-order valence-electron chi connectivity index (χ4n) is 3.76. The summed E-state index contributed by atoms with van der Waals surface area (Å²) in [6.07, 6.45) is 7.74. The molecule has 0 saturated heterocycles. The van der Waals surface area contributed by atoms with E-state index in [1.807, 2.05) is 57.4 Å². The van der Waals surface area contributed by atoms with Gasteiger partial charge in [0.25, 0.3) is 0 Å². The second kappa shape index (κ2) is 16.8. The number of ether oxygens (including phenoxy) is 2. The van der Waals surface area contributed by atoms with Gasteiger partial charge in [-0.25, -0.2) is 9.78 Å². The quantitative estimate of drug-likeness (QED) is 0.141. The van der Waals surface area contributed by atoms with Crippen molar-refractivity contribution in [2.75, 3.05) is 14.2 Å². The number of allylic oxidation sites excluding steroid dienone is 3. The van der Waals surface area contributed by atoms with Crippen LogP contribution in [-0.2, 0) is 26.4 Å². The van der Waals surface area contributed by atoms with Gasteiger partial charge in [-0.15, -0.1) is 6.58 Å². The van der Waals surface area contributed by atoms with Crippen molar-refractivity contribution in [3.8, 4) is 11.8 Å². The zero-order valence-corrected chi connectivity index (χ0v) is 26.8. The first-order valence-corrected chi connectivity index (χ1v) is 14.3. The highest BCUT2D eigenvalue weighted by molar-refractivity contribution is 6.28. The molecule has 1 fully saturated rings. The number of hydrogen-bond acceptors (Lipinski definition) is 5. The van der Waals surface area contributed by atoms with Crippen molar-refractivity contribution in [2.24, 2.45) is 5.92 Å². The maximum Gasteiger partial charge on any atom is 0.337 e. The number of benzene rings is 1. The molecule has 1 aliphatic rings. The molecular weight excluding hydrogens is 538 g/mol. The van der Waals surface area contributed by atoms with Crippen LogP contribution in [0.25, 0.3) is 0 Å². The van der Waals surface area contributed by atoms with Crippen LogP contribution < -0.4 is 5.32 Å². The van der Waals surface area contributed by atoms with E-state index in [2.05, 4.69) is 53.4 Å². The average Bonchev–Trinajstić information content (AvgIpc) is 3.71. The van der Waals surface area contributed by atoms with E-state index in [-0.39, 0.29) is 11.5 Å². The van der Waals surface area contributed by atoms with Gasteiger partial charge in [-0.3, -0.25) is 4.79 Å². The van der Waals surface area contributed by atoms with Gasteiger partial charge >= 0.3 is 5.97 Å². The highest BCUT2D eigenvalue weighted by atomic mass is 35.5. The second-order valence-corrected chi connectivity index (χ2v) is 10.7. The fraction of sp³-hybridized carbons (Fsp3) is 0.485. The van der Waals surface area contributed by atoms with Gasteiger partial charge in [0.05, 0.1) is 23.9 Å². The van der Waals surface area contributed by atoms with Crippen LogP contribution in [-0.4, -0.2) is 41.8 Å². The van der Waals surface area contributed by atoms with Gasteiger partial charge < -0.3 is 19.4 Å². The van der Waals surface area contributed by atoms with Gasteiger partial charge in [0, 0.05) is 13.7 Å². The largest absolute Gasteiger partial charge is 0.465 e. The number of carbonyl (C=O) groups is 2. The van der Waals surface area contributed by atoms with Gasteiger partial charge in [-0.05, 0) is 95.0 Å². The van der Waals surface area contributed by atoms with Gasteiger partial charge in [0.2, 0.25) is 11.7 Å². The molecule has 0 bridgehead atoms. The van der Waals surface area contributed by atoms with Gasteiger partial charge in [0.1, 0.15) is 11.3 Å². The first-order valence-electron chi connectivity index (χ1n) is 13.9. The van der Waals surface area contributed by atoms with Crippen LogP contribution in [0.2, 0.25) is 5.28 Å². The third-order valence-corrected chi connectivity index (χ3v) is 6.98. The molecule has 1 atom stereocenters. The van der Waals surface area contributed by atoms with Crippen molar-refractivity contribution >= 4 is 24.0 Å². The Morgan fingerprint density at radius 2 is 1.85 bits per heavy atom. The number of methoxy groups -OCH3 is 2. The van der Waals surface area contributed by atoms with E-state index in [1.54, 1.807) is 19.2 Å². The third kappa shape index (κ3) is 10.9. The summed E-state index contributed by atoms with van der Waals surface area (Å²) in [6.45, 7) is 18.7. The Hall–Kier alpha value is -3.34. The van der Waals surface area contributed by atoms with Crippen LogP contribution in [0.4, 0.5) is 0 Å². The SMILES string of the molecule is C=C[C@H](CC=C(C)C)Cn1c(Cl)nc(C#CC(C)(C)OC)c1C.CC.COC(=O)c1ccc(C2(NC=O)CC2)cc1. The fourth-order valence-corrected chi connectivity index (χ4v) is 4.04. The summed E-state index contributed by atoms with van der Waals surface area (Å²) in [4.78, 5) is 26.1. The second-order valence-electron chi connectivity index (χ2n) is 10.3. The third-order valence-electron chi connectivity index (χ3n) is 6.69. The van der Waals surface area contributed by atoms with Gasteiger partial charge in [-0.1, -0.05) is 49.6 Å². The molecule has 1 aromatic heterocycles.